The summed E-state index contributed by atoms with van der Waals surface area (Å²) in [6.45, 7) is 3.80. The van der Waals surface area contributed by atoms with E-state index in [4.69, 9.17) is 19.9 Å². The average Bonchev–Trinajstić information content (AvgIpc) is 3.50. The highest BCUT2D eigenvalue weighted by Crippen LogP contribution is 2.44. The minimum absolute atomic E-state index is 0.0444. The summed E-state index contributed by atoms with van der Waals surface area (Å²) in [7, 11) is 4.58. The van der Waals surface area contributed by atoms with E-state index in [2.05, 4.69) is 6.58 Å². The topological polar surface area (TPSA) is 61.9 Å². The number of aryl methyl sites for hydroxylation is 1. The fraction of sp³-hybridized carbons (Fsp3) is 0.286. The van der Waals surface area contributed by atoms with Crippen LogP contribution in [0.25, 0.3) is 11.6 Å². The summed E-state index contributed by atoms with van der Waals surface area (Å²) in [5, 5.41) is 0. The summed E-state index contributed by atoms with van der Waals surface area (Å²) in [5.74, 6) is 1.29. The Balaban J connectivity index is 1.75. The number of hydrogen-bond acceptors (Lipinski definition) is 5. The Morgan fingerprint density at radius 3 is 2.49 bits per heavy atom. The summed E-state index contributed by atoms with van der Waals surface area (Å²) in [4.78, 5) is 1.20. The lowest BCUT2D eigenvalue weighted by atomic mass is 9.84. The molecule has 0 saturated carbocycles. The molecule has 0 amide bonds. The molecule has 0 saturated heterocycles. The fourth-order valence-corrected chi connectivity index (χ4v) is 5.02. The van der Waals surface area contributed by atoms with Crippen molar-refractivity contribution < 1.29 is 22.8 Å². The molecule has 9 heteroatoms. The van der Waals surface area contributed by atoms with Gasteiger partial charge < -0.3 is 37.9 Å². The molecule has 3 heterocycles. The number of rotatable bonds is 9. The van der Waals surface area contributed by atoms with Crippen LogP contribution in [0.15, 0.2) is 78.1 Å². The predicted molar refractivity (Wildman–Crippen MR) is 145 cm³/mol. The number of nitrogens with two attached hydrogens (primary N) is 1. The van der Waals surface area contributed by atoms with Gasteiger partial charge in [-0.3, -0.25) is 0 Å². The van der Waals surface area contributed by atoms with Gasteiger partial charge in [-0.1, -0.05) is 37.8 Å². The second kappa shape index (κ2) is 10.2. The Labute approximate surface area is 217 Å². The molecule has 0 aliphatic carbocycles. The van der Waals surface area contributed by atoms with E-state index in [1.165, 1.54) is 23.5 Å². The molecular weight excluding hydrogens is 475 g/mol. The number of halogens is 2. The van der Waals surface area contributed by atoms with Crippen LogP contribution in [0.3, 0.4) is 0 Å². The molecule has 0 radical (unpaired) electrons. The molecule has 1 atom stereocenters. The zero-order chi connectivity index (χ0) is 26.9. The number of allylic oxidation sites excluding steroid dienone is 3. The van der Waals surface area contributed by atoms with E-state index in [0.29, 0.717) is 46.5 Å². The Morgan fingerprint density at radius 2 is 1.86 bits per heavy atom. The highest BCUT2D eigenvalue weighted by Gasteiger charge is 2.44. The van der Waals surface area contributed by atoms with Crippen molar-refractivity contribution in [2.24, 2.45) is 5.92 Å². The SMILES string of the molecule is C=C(OC)/C(OC)=C(\CC(C)/C=C/c1cc(C)c2n1[B-](F)(F)N1CC=CC1=C2c1ccc(N)cc1)OC. The van der Waals surface area contributed by atoms with E-state index >= 15 is 8.63 Å². The lowest BCUT2D eigenvalue weighted by molar-refractivity contribution is 0.178. The lowest BCUT2D eigenvalue weighted by Crippen LogP contribution is -2.54. The summed E-state index contributed by atoms with van der Waals surface area (Å²) < 4.78 is 49.3. The van der Waals surface area contributed by atoms with Gasteiger partial charge in [0, 0.05) is 41.3 Å². The van der Waals surface area contributed by atoms with Gasteiger partial charge in [0.15, 0.2) is 11.5 Å². The van der Waals surface area contributed by atoms with Gasteiger partial charge in [0.05, 0.1) is 21.3 Å². The van der Waals surface area contributed by atoms with Crippen molar-refractivity contribution in [3.63, 3.8) is 0 Å². The zero-order valence-electron chi connectivity index (χ0n) is 21.9. The predicted octanol–water partition coefficient (Wildman–Crippen LogP) is 5.95. The Hall–Kier alpha value is -3.88. The van der Waals surface area contributed by atoms with Crippen molar-refractivity contribution in [3.05, 3.63) is 101 Å². The first-order chi connectivity index (χ1) is 17.6. The molecule has 4 rings (SSSR count). The van der Waals surface area contributed by atoms with E-state index in [1.54, 1.807) is 37.5 Å². The standard InChI is InChI=1S/C28H33BF2N3O3/c1-18(16-25(36-5)28(37-6)20(3)35-4)9-14-23-17-19(2)27-26(21-10-12-22(32)13-11-21)24-8-7-15-33(24)29(30,31)34(23)27/h7-14,17-18H,3,15-16,32H2,1-2,4-6H3/q-1/b14-9+,28-25-. The third-order valence-corrected chi connectivity index (χ3v) is 6.83. The first-order valence-electron chi connectivity index (χ1n) is 12.1. The van der Waals surface area contributed by atoms with Crippen LogP contribution >= 0.6 is 0 Å². The number of benzene rings is 1. The second-order valence-corrected chi connectivity index (χ2v) is 9.32. The first kappa shape index (κ1) is 26.2. The number of anilines is 1. The number of nitrogen functional groups attached to an aromatic ring is 1. The molecule has 1 unspecified atom stereocenters. The fourth-order valence-electron chi connectivity index (χ4n) is 5.02. The Morgan fingerprint density at radius 1 is 1.16 bits per heavy atom. The minimum atomic E-state index is -4.05. The maximum atomic E-state index is 16.0. The number of nitrogens with zero attached hydrogens (tertiary/aromatic N) is 2. The number of aromatic nitrogens is 1. The summed E-state index contributed by atoms with van der Waals surface area (Å²) >= 11 is 0. The van der Waals surface area contributed by atoms with Crippen molar-refractivity contribution in [1.82, 2.24) is 9.29 Å². The molecule has 2 aromatic rings. The monoisotopic (exact) mass is 508 g/mol. The highest BCUT2D eigenvalue weighted by molar-refractivity contribution is 6.63. The van der Waals surface area contributed by atoms with Crippen LogP contribution in [0.1, 0.15) is 35.9 Å². The maximum absolute atomic E-state index is 16.0. The molecule has 1 aromatic heterocycles. The summed E-state index contributed by atoms with van der Waals surface area (Å²) in [5.41, 5.74) is 10.4. The van der Waals surface area contributed by atoms with Crippen LogP contribution in [0, 0.1) is 12.8 Å². The second-order valence-electron chi connectivity index (χ2n) is 9.32. The molecule has 37 heavy (non-hydrogen) atoms. The van der Waals surface area contributed by atoms with Crippen LogP contribution in [0.2, 0.25) is 0 Å². The van der Waals surface area contributed by atoms with Crippen molar-refractivity contribution in [2.75, 3.05) is 33.6 Å². The smallest absolute Gasteiger partial charge is 0.497 e. The number of fused-ring (bicyclic) bond motifs is 2. The van der Waals surface area contributed by atoms with Gasteiger partial charge in [-0.15, -0.1) is 0 Å². The Kier molecular flexibility index (Phi) is 7.25. The van der Waals surface area contributed by atoms with Crippen molar-refractivity contribution in [1.29, 1.82) is 0 Å². The summed E-state index contributed by atoms with van der Waals surface area (Å²) in [6, 6.07) is 9.17. The molecule has 196 valence electrons. The third-order valence-electron chi connectivity index (χ3n) is 6.83. The molecule has 1 aromatic carbocycles. The van der Waals surface area contributed by atoms with Gasteiger partial charge in [0.2, 0.25) is 0 Å². The van der Waals surface area contributed by atoms with Crippen LogP contribution in [0.4, 0.5) is 14.3 Å². The molecule has 2 N–H and O–H groups in total. The van der Waals surface area contributed by atoms with Gasteiger partial charge in [0.25, 0.3) is 0 Å². The number of ether oxygens (including phenoxy) is 3. The minimum Gasteiger partial charge on any atom is -0.497 e. The maximum Gasteiger partial charge on any atom is 0.529 e. The van der Waals surface area contributed by atoms with Crippen LogP contribution in [0.5, 0.6) is 0 Å². The molecule has 6 nitrogen and oxygen atoms in total. The van der Waals surface area contributed by atoms with Gasteiger partial charge in [-0.2, -0.15) is 0 Å². The largest absolute Gasteiger partial charge is 0.529 e. The first-order valence-corrected chi connectivity index (χ1v) is 12.1. The molecule has 0 bridgehead atoms. The Bertz CT molecular complexity index is 1320. The number of hydrogen-bond donors (Lipinski definition) is 1. The van der Waals surface area contributed by atoms with Crippen molar-refractivity contribution in [2.45, 2.75) is 20.3 Å². The molecular formula is C28H33BF2N3O3-. The van der Waals surface area contributed by atoms with E-state index in [0.717, 1.165) is 16.7 Å². The van der Waals surface area contributed by atoms with Gasteiger partial charge in [-0.25, -0.2) is 0 Å². The van der Waals surface area contributed by atoms with Crippen LogP contribution in [-0.2, 0) is 14.2 Å². The van der Waals surface area contributed by atoms with E-state index < -0.39 is 6.97 Å². The van der Waals surface area contributed by atoms with Gasteiger partial charge in [-0.05, 0) is 54.3 Å². The van der Waals surface area contributed by atoms with E-state index in [1.807, 2.05) is 38.1 Å². The van der Waals surface area contributed by atoms with Crippen molar-refractivity contribution >= 4 is 24.3 Å². The zero-order valence-corrected chi connectivity index (χ0v) is 21.9. The molecule has 2 aliphatic heterocycles. The van der Waals surface area contributed by atoms with E-state index in [-0.39, 0.29) is 12.5 Å². The molecule has 0 spiro atoms. The summed E-state index contributed by atoms with van der Waals surface area (Å²) in [6.07, 6.45) is 7.71. The third kappa shape index (κ3) is 4.66. The average molecular weight is 508 g/mol. The lowest BCUT2D eigenvalue weighted by Gasteiger charge is -2.46. The molecule has 2 aliphatic rings. The quantitative estimate of drug-likeness (QED) is 0.196. The van der Waals surface area contributed by atoms with Gasteiger partial charge in [0.1, 0.15) is 5.76 Å². The van der Waals surface area contributed by atoms with Crippen LogP contribution < -0.4 is 5.73 Å². The highest BCUT2D eigenvalue weighted by atomic mass is 19.2. The van der Waals surface area contributed by atoms with E-state index in [9.17, 15) is 0 Å². The molecule has 0 fully saturated rings. The van der Waals surface area contributed by atoms with Gasteiger partial charge >= 0.3 is 6.97 Å². The number of methoxy groups -OCH3 is 3. The van der Waals surface area contributed by atoms with Crippen molar-refractivity contribution in [3.8, 4) is 0 Å². The van der Waals surface area contributed by atoms with Crippen LogP contribution in [-0.4, -0.2) is 44.1 Å². The normalized spacial score (nSPS) is 17.4.